The summed E-state index contributed by atoms with van der Waals surface area (Å²) in [7, 11) is 7.75. The lowest BCUT2D eigenvalue weighted by Gasteiger charge is -2.17. The van der Waals surface area contributed by atoms with E-state index in [2.05, 4.69) is 0 Å². The molecule has 168 valence electrons. The Bertz CT molecular complexity index is 1340. The second kappa shape index (κ2) is 9.20. The fourth-order valence-electron chi connectivity index (χ4n) is 3.70. The van der Waals surface area contributed by atoms with Crippen molar-refractivity contribution < 1.29 is 13.9 Å². The molecular formula is C27H26N2O4. The number of benzene rings is 3. The highest BCUT2D eigenvalue weighted by Crippen LogP contribution is 2.31. The Labute approximate surface area is 192 Å². The van der Waals surface area contributed by atoms with Crippen LogP contribution >= 0.6 is 0 Å². The average Bonchev–Trinajstić information content (AvgIpc) is 2.82. The van der Waals surface area contributed by atoms with Crippen molar-refractivity contribution in [1.82, 2.24) is 0 Å². The highest BCUT2D eigenvalue weighted by atomic mass is 16.5. The molecule has 0 unspecified atom stereocenters. The highest BCUT2D eigenvalue weighted by Gasteiger charge is 2.19. The third-order valence-electron chi connectivity index (χ3n) is 5.54. The summed E-state index contributed by atoms with van der Waals surface area (Å²) >= 11 is 0. The first-order valence-electron chi connectivity index (χ1n) is 10.6. The average molecular weight is 443 g/mol. The third-order valence-corrected chi connectivity index (χ3v) is 5.54. The van der Waals surface area contributed by atoms with Gasteiger partial charge in [-0.3, -0.25) is 0 Å². The smallest absolute Gasteiger partial charge is 0.344 e. The zero-order chi connectivity index (χ0) is 23.5. The first-order chi connectivity index (χ1) is 15.8. The van der Waals surface area contributed by atoms with E-state index in [-0.39, 0.29) is 6.61 Å². The summed E-state index contributed by atoms with van der Waals surface area (Å²) in [6.45, 7) is -0.0537. The Morgan fingerprint density at radius 3 is 2.12 bits per heavy atom. The van der Waals surface area contributed by atoms with Crippen molar-refractivity contribution in [1.29, 1.82) is 0 Å². The Morgan fingerprint density at radius 1 is 0.848 bits per heavy atom. The summed E-state index contributed by atoms with van der Waals surface area (Å²) in [6, 6.07) is 22.1. The van der Waals surface area contributed by atoms with Crippen LogP contribution in [0.5, 0.6) is 0 Å². The SMILES string of the molecule is CN(C)c1ccc(-c2c(COC(=O)c3ccccc3)c3ccc(N(C)C)cc3oc2=O)cc1. The Morgan fingerprint density at radius 2 is 1.48 bits per heavy atom. The molecule has 0 spiro atoms. The second-order valence-electron chi connectivity index (χ2n) is 8.20. The molecule has 0 saturated carbocycles. The topological polar surface area (TPSA) is 63.0 Å². The van der Waals surface area contributed by atoms with E-state index < -0.39 is 11.6 Å². The van der Waals surface area contributed by atoms with Crippen molar-refractivity contribution in [2.75, 3.05) is 38.0 Å². The number of carbonyl (C=O) groups excluding carboxylic acids is 1. The van der Waals surface area contributed by atoms with Crippen molar-refractivity contribution in [3.05, 3.63) is 94.3 Å². The number of nitrogens with zero attached hydrogens (tertiary/aromatic N) is 2. The number of rotatable bonds is 6. The molecule has 0 fully saturated rings. The van der Waals surface area contributed by atoms with E-state index in [1.165, 1.54) is 0 Å². The van der Waals surface area contributed by atoms with E-state index in [1.807, 2.05) is 86.5 Å². The lowest BCUT2D eigenvalue weighted by atomic mass is 9.98. The number of hydrogen-bond acceptors (Lipinski definition) is 6. The summed E-state index contributed by atoms with van der Waals surface area (Å²) in [5.74, 6) is -0.448. The van der Waals surface area contributed by atoms with Crippen LogP contribution in [-0.4, -0.2) is 34.2 Å². The van der Waals surface area contributed by atoms with Gasteiger partial charge in [0.15, 0.2) is 0 Å². The molecule has 0 atom stereocenters. The van der Waals surface area contributed by atoms with Crippen LogP contribution in [0.25, 0.3) is 22.1 Å². The normalized spacial score (nSPS) is 10.8. The quantitative estimate of drug-likeness (QED) is 0.311. The molecule has 4 aromatic rings. The van der Waals surface area contributed by atoms with Crippen molar-refractivity contribution in [2.45, 2.75) is 6.61 Å². The Balaban J connectivity index is 1.83. The van der Waals surface area contributed by atoms with Gasteiger partial charge in [-0.25, -0.2) is 9.59 Å². The van der Waals surface area contributed by atoms with Gasteiger partial charge in [-0.2, -0.15) is 0 Å². The third kappa shape index (κ3) is 4.60. The molecular weight excluding hydrogens is 416 g/mol. The summed E-state index contributed by atoms with van der Waals surface area (Å²) in [5.41, 5.74) is 4.07. The molecule has 0 radical (unpaired) electrons. The van der Waals surface area contributed by atoms with Gasteiger partial charge in [-0.1, -0.05) is 30.3 Å². The van der Waals surface area contributed by atoms with Crippen LogP contribution in [0, 0.1) is 0 Å². The minimum Gasteiger partial charge on any atom is -0.457 e. The van der Waals surface area contributed by atoms with Crippen LogP contribution in [0.3, 0.4) is 0 Å². The minimum absolute atomic E-state index is 0.0537. The van der Waals surface area contributed by atoms with Gasteiger partial charge in [0.05, 0.1) is 11.1 Å². The molecule has 4 rings (SSSR count). The summed E-state index contributed by atoms with van der Waals surface area (Å²) in [5, 5.41) is 0.729. The van der Waals surface area contributed by atoms with Gasteiger partial charge in [0.2, 0.25) is 0 Å². The minimum atomic E-state index is -0.471. The van der Waals surface area contributed by atoms with Crippen LogP contribution in [0.15, 0.2) is 82.0 Å². The molecule has 0 aliphatic rings. The molecule has 0 aliphatic heterocycles. The molecule has 0 bridgehead atoms. The van der Waals surface area contributed by atoms with E-state index in [0.29, 0.717) is 27.8 Å². The van der Waals surface area contributed by atoms with Gasteiger partial charge in [-0.05, 0) is 42.0 Å². The maximum atomic E-state index is 13.1. The van der Waals surface area contributed by atoms with Crippen LogP contribution in [0.4, 0.5) is 11.4 Å². The maximum Gasteiger partial charge on any atom is 0.344 e. The fraction of sp³-hybridized carbons (Fsp3) is 0.185. The zero-order valence-electron chi connectivity index (χ0n) is 19.2. The van der Waals surface area contributed by atoms with E-state index in [1.54, 1.807) is 24.3 Å². The predicted octanol–water partition coefficient (Wildman–Crippen LogP) is 4.95. The molecule has 0 saturated heterocycles. The van der Waals surface area contributed by atoms with E-state index in [4.69, 9.17) is 9.15 Å². The van der Waals surface area contributed by atoms with Crippen LogP contribution in [-0.2, 0) is 11.3 Å². The number of hydrogen-bond donors (Lipinski definition) is 0. The van der Waals surface area contributed by atoms with Gasteiger partial charge in [-0.15, -0.1) is 0 Å². The first-order valence-corrected chi connectivity index (χ1v) is 10.6. The molecule has 1 heterocycles. The summed E-state index contributed by atoms with van der Waals surface area (Å²) < 4.78 is 11.4. The van der Waals surface area contributed by atoms with Gasteiger partial charge >= 0.3 is 11.6 Å². The molecule has 33 heavy (non-hydrogen) atoms. The summed E-state index contributed by atoms with van der Waals surface area (Å²) in [4.78, 5) is 29.7. The van der Waals surface area contributed by atoms with Gasteiger partial charge in [0.25, 0.3) is 0 Å². The van der Waals surface area contributed by atoms with Gasteiger partial charge in [0, 0.05) is 56.6 Å². The lowest BCUT2D eigenvalue weighted by Crippen LogP contribution is -2.13. The zero-order valence-corrected chi connectivity index (χ0v) is 19.2. The summed E-state index contributed by atoms with van der Waals surface area (Å²) in [6.07, 6.45) is 0. The molecule has 0 aliphatic carbocycles. The lowest BCUT2D eigenvalue weighted by molar-refractivity contribution is 0.0474. The second-order valence-corrected chi connectivity index (χ2v) is 8.20. The monoisotopic (exact) mass is 442 g/mol. The number of ether oxygens (including phenoxy) is 1. The largest absolute Gasteiger partial charge is 0.457 e. The van der Waals surface area contributed by atoms with Crippen LogP contribution in [0.1, 0.15) is 15.9 Å². The molecule has 6 nitrogen and oxygen atoms in total. The number of fused-ring (bicyclic) bond motifs is 1. The van der Waals surface area contributed by atoms with Crippen molar-refractivity contribution in [3.63, 3.8) is 0 Å². The molecule has 1 aromatic heterocycles. The Kier molecular flexibility index (Phi) is 6.18. The van der Waals surface area contributed by atoms with Crippen LogP contribution < -0.4 is 15.4 Å². The predicted molar refractivity (Wildman–Crippen MR) is 132 cm³/mol. The molecule has 0 amide bonds. The van der Waals surface area contributed by atoms with Gasteiger partial charge < -0.3 is 19.0 Å². The fourth-order valence-corrected chi connectivity index (χ4v) is 3.70. The van der Waals surface area contributed by atoms with Gasteiger partial charge in [0.1, 0.15) is 12.2 Å². The number of esters is 1. The van der Waals surface area contributed by atoms with E-state index in [9.17, 15) is 9.59 Å². The standard InChI is InChI=1S/C27H26N2O4/c1-28(2)20-12-10-18(11-13-20)25-23(17-32-26(30)19-8-6-5-7-9-19)22-15-14-21(29(3)4)16-24(22)33-27(25)31/h5-16H,17H2,1-4H3. The van der Waals surface area contributed by atoms with Crippen molar-refractivity contribution in [2.24, 2.45) is 0 Å². The van der Waals surface area contributed by atoms with Crippen molar-refractivity contribution >= 4 is 28.3 Å². The Hall–Kier alpha value is -4.06. The highest BCUT2D eigenvalue weighted by molar-refractivity contribution is 5.91. The molecule has 3 aromatic carbocycles. The maximum absolute atomic E-state index is 13.1. The number of anilines is 2. The van der Waals surface area contributed by atoms with Crippen LogP contribution in [0.2, 0.25) is 0 Å². The van der Waals surface area contributed by atoms with E-state index >= 15 is 0 Å². The van der Waals surface area contributed by atoms with Crippen molar-refractivity contribution in [3.8, 4) is 11.1 Å². The van der Waals surface area contributed by atoms with E-state index in [0.717, 1.165) is 16.8 Å². The first kappa shape index (κ1) is 22.1. The molecule has 0 N–H and O–H groups in total. The number of carbonyl (C=O) groups is 1. The molecule has 6 heteroatoms.